The minimum Gasteiger partial charge on any atom is -0.357 e. The van der Waals surface area contributed by atoms with E-state index in [1.165, 1.54) is 18.6 Å². The van der Waals surface area contributed by atoms with E-state index in [2.05, 4.69) is 29.8 Å². The van der Waals surface area contributed by atoms with Crippen LogP contribution >= 0.6 is 11.8 Å². The molecule has 1 unspecified atom stereocenters. The van der Waals surface area contributed by atoms with Gasteiger partial charge in [0.2, 0.25) is 0 Å². The monoisotopic (exact) mass is 405 g/mol. The molecule has 0 saturated carbocycles. The lowest BCUT2D eigenvalue weighted by Gasteiger charge is -2.24. The summed E-state index contributed by atoms with van der Waals surface area (Å²) in [5.41, 5.74) is 1.71. The lowest BCUT2D eigenvalue weighted by molar-refractivity contribution is 0.0951. The molecular weight excluding hydrogens is 370 g/mol. The smallest absolute Gasteiger partial charge is 0.251 e. The van der Waals surface area contributed by atoms with Crippen molar-refractivity contribution in [2.24, 2.45) is 4.99 Å². The van der Waals surface area contributed by atoms with Gasteiger partial charge in [0.15, 0.2) is 5.96 Å². The second-order valence-corrected chi connectivity index (χ2v) is 9.39. The maximum absolute atomic E-state index is 12.3. The molecule has 1 aromatic carbocycles. The van der Waals surface area contributed by atoms with E-state index < -0.39 is 0 Å². The van der Waals surface area contributed by atoms with Gasteiger partial charge in [-0.05, 0) is 64.2 Å². The van der Waals surface area contributed by atoms with E-state index in [9.17, 15) is 4.79 Å². The number of nitrogens with zero attached hydrogens (tertiary/aromatic N) is 2. The number of likely N-dealkylation sites (N-methyl/N-ethyl adjacent to an activating group) is 1. The summed E-state index contributed by atoms with van der Waals surface area (Å²) >= 11 is 2.04. The van der Waals surface area contributed by atoms with Crippen molar-refractivity contribution in [1.29, 1.82) is 0 Å². The van der Waals surface area contributed by atoms with Gasteiger partial charge in [-0.3, -0.25) is 4.79 Å². The number of carbonyl (C=O) groups excluding carboxylic acids is 1. The van der Waals surface area contributed by atoms with Crippen molar-refractivity contribution in [2.75, 3.05) is 46.0 Å². The predicted molar refractivity (Wildman–Crippen MR) is 120 cm³/mol. The lowest BCUT2D eigenvalue weighted by atomic mass is 10.1. The molecule has 1 amide bonds. The third-order valence-electron chi connectivity index (χ3n) is 4.73. The highest BCUT2D eigenvalue weighted by atomic mass is 32.2. The van der Waals surface area contributed by atoms with E-state index in [-0.39, 0.29) is 5.91 Å². The third kappa shape index (κ3) is 7.72. The van der Waals surface area contributed by atoms with Crippen LogP contribution in [0.4, 0.5) is 0 Å². The van der Waals surface area contributed by atoms with Gasteiger partial charge in [0.1, 0.15) is 0 Å². The van der Waals surface area contributed by atoms with E-state index in [1.54, 1.807) is 0 Å². The minimum atomic E-state index is -0.0381. The Morgan fingerprint density at radius 1 is 1.29 bits per heavy atom. The quantitative estimate of drug-likeness (QED) is 0.435. The number of nitrogens with one attached hydrogen (secondary N) is 3. The van der Waals surface area contributed by atoms with Gasteiger partial charge in [-0.1, -0.05) is 12.1 Å². The third-order valence-corrected chi connectivity index (χ3v) is 6.27. The Kier molecular flexibility index (Phi) is 9.12. The molecule has 1 atom stereocenters. The summed E-state index contributed by atoms with van der Waals surface area (Å²) in [6.45, 7) is 8.13. The first-order valence-electron chi connectivity index (χ1n) is 10.1. The Labute approximate surface area is 173 Å². The van der Waals surface area contributed by atoms with Crippen LogP contribution in [0.3, 0.4) is 0 Å². The molecular formula is C21H35N5OS. The molecule has 3 N–H and O–H groups in total. The van der Waals surface area contributed by atoms with Crippen LogP contribution in [-0.2, 0) is 6.54 Å². The molecule has 0 aliphatic carbocycles. The number of benzene rings is 1. The molecule has 2 rings (SSSR count). The molecule has 7 heteroatoms. The van der Waals surface area contributed by atoms with Crippen molar-refractivity contribution in [3.05, 3.63) is 35.4 Å². The summed E-state index contributed by atoms with van der Waals surface area (Å²) in [6.07, 6.45) is 2.54. The number of aliphatic imine (C=N–C) groups is 1. The van der Waals surface area contributed by atoms with Gasteiger partial charge < -0.3 is 20.9 Å². The van der Waals surface area contributed by atoms with Crippen molar-refractivity contribution in [3.63, 3.8) is 0 Å². The van der Waals surface area contributed by atoms with Gasteiger partial charge in [-0.15, -0.1) is 0 Å². The minimum absolute atomic E-state index is 0.0381. The Balaban J connectivity index is 1.93. The van der Waals surface area contributed by atoms with Gasteiger partial charge >= 0.3 is 0 Å². The van der Waals surface area contributed by atoms with Crippen molar-refractivity contribution >= 4 is 23.6 Å². The van der Waals surface area contributed by atoms with E-state index in [0.717, 1.165) is 31.2 Å². The van der Waals surface area contributed by atoms with Crippen LogP contribution in [0, 0.1) is 0 Å². The lowest BCUT2D eigenvalue weighted by Crippen LogP contribution is -2.43. The van der Waals surface area contributed by atoms with E-state index >= 15 is 0 Å². The van der Waals surface area contributed by atoms with Crippen LogP contribution in [0.25, 0.3) is 0 Å². The molecule has 0 bridgehead atoms. The summed E-state index contributed by atoms with van der Waals surface area (Å²) < 4.78 is 0.292. The fourth-order valence-electron chi connectivity index (χ4n) is 3.07. The molecule has 1 aromatic rings. The standard InChI is InChI=1S/C21H35N5OS/c1-5-22-20(25-16-21(2)10-7-13-28-21)24-15-17-8-6-9-18(14-17)19(27)23-11-12-26(3)4/h6,8-9,14H,5,7,10-13,15-16H2,1-4H3,(H,23,27)(H2,22,24,25). The molecule has 0 spiro atoms. The van der Waals surface area contributed by atoms with Crippen LogP contribution in [0.1, 0.15) is 42.6 Å². The van der Waals surface area contributed by atoms with Gasteiger partial charge in [0, 0.05) is 36.5 Å². The second kappa shape index (κ2) is 11.3. The molecule has 0 aromatic heterocycles. The first-order valence-corrected chi connectivity index (χ1v) is 11.1. The number of carbonyl (C=O) groups is 1. The van der Waals surface area contributed by atoms with Gasteiger partial charge in [-0.25, -0.2) is 4.99 Å². The zero-order chi connectivity index (χ0) is 20.4. The molecule has 1 fully saturated rings. The highest BCUT2D eigenvalue weighted by Gasteiger charge is 2.29. The molecule has 28 heavy (non-hydrogen) atoms. The van der Waals surface area contributed by atoms with E-state index in [1.807, 2.05) is 55.0 Å². The number of thioether (sulfide) groups is 1. The van der Waals surface area contributed by atoms with E-state index in [0.29, 0.717) is 23.4 Å². The van der Waals surface area contributed by atoms with E-state index in [4.69, 9.17) is 4.99 Å². The Bertz CT molecular complexity index is 656. The molecule has 1 aliphatic heterocycles. The number of hydrogen-bond donors (Lipinski definition) is 3. The SMILES string of the molecule is CCNC(=NCc1cccc(C(=O)NCCN(C)C)c1)NCC1(C)CCCS1. The Morgan fingerprint density at radius 2 is 2.11 bits per heavy atom. The maximum atomic E-state index is 12.3. The largest absolute Gasteiger partial charge is 0.357 e. The number of amides is 1. The number of hydrogen-bond acceptors (Lipinski definition) is 4. The Hall–Kier alpha value is -1.73. The molecule has 1 heterocycles. The molecule has 156 valence electrons. The zero-order valence-corrected chi connectivity index (χ0v) is 18.5. The predicted octanol–water partition coefficient (Wildman–Crippen LogP) is 2.32. The maximum Gasteiger partial charge on any atom is 0.251 e. The Morgan fingerprint density at radius 3 is 2.79 bits per heavy atom. The topological polar surface area (TPSA) is 68.8 Å². The summed E-state index contributed by atoms with van der Waals surface area (Å²) in [5.74, 6) is 2.04. The summed E-state index contributed by atoms with van der Waals surface area (Å²) in [4.78, 5) is 19.1. The summed E-state index contributed by atoms with van der Waals surface area (Å²) in [7, 11) is 3.99. The average Bonchev–Trinajstić information content (AvgIpc) is 3.11. The van der Waals surface area contributed by atoms with Crippen molar-refractivity contribution < 1.29 is 4.79 Å². The summed E-state index contributed by atoms with van der Waals surface area (Å²) in [6, 6.07) is 7.70. The van der Waals surface area contributed by atoms with Gasteiger partial charge in [0.25, 0.3) is 5.91 Å². The van der Waals surface area contributed by atoms with Crippen molar-refractivity contribution in [1.82, 2.24) is 20.9 Å². The number of rotatable bonds is 9. The molecule has 1 aliphatic rings. The highest BCUT2D eigenvalue weighted by Crippen LogP contribution is 2.36. The molecule has 1 saturated heterocycles. The first-order chi connectivity index (χ1) is 13.4. The summed E-state index contributed by atoms with van der Waals surface area (Å²) in [5, 5.41) is 9.75. The van der Waals surface area contributed by atoms with Crippen LogP contribution in [0.5, 0.6) is 0 Å². The van der Waals surface area contributed by atoms with Gasteiger partial charge in [0.05, 0.1) is 6.54 Å². The highest BCUT2D eigenvalue weighted by molar-refractivity contribution is 8.00. The van der Waals surface area contributed by atoms with Gasteiger partial charge in [-0.2, -0.15) is 11.8 Å². The van der Waals surface area contributed by atoms with Crippen LogP contribution < -0.4 is 16.0 Å². The molecule has 6 nitrogen and oxygen atoms in total. The molecule has 0 radical (unpaired) electrons. The second-order valence-electron chi connectivity index (χ2n) is 7.71. The average molecular weight is 406 g/mol. The zero-order valence-electron chi connectivity index (χ0n) is 17.7. The first kappa shape index (κ1) is 22.6. The van der Waals surface area contributed by atoms with Crippen molar-refractivity contribution in [2.45, 2.75) is 38.0 Å². The fourth-order valence-corrected chi connectivity index (χ4v) is 4.31. The van der Waals surface area contributed by atoms with Crippen LogP contribution in [0.2, 0.25) is 0 Å². The van der Waals surface area contributed by atoms with Crippen LogP contribution in [-0.4, -0.2) is 67.5 Å². The number of guanidine groups is 1. The normalized spacial score (nSPS) is 19.7. The van der Waals surface area contributed by atoms with Crippen LogP contribution in [0.15, 0.2) is 29.3 Å². The van der Waals surface area contributed by atoms with Crippen molar-refractivity contribution in [3.8, 4) is 0 Å². The fraction of sp³-hybridized carbons (Fsp3) is 0.619.